The predicted molar refractivity (Wildman–Crippen MR) is 108 cm³/mol. The van der Waals surface area contributed by atoms with Gasteiger partial charge < -0.3 is 5.32 Å². The molecule has 0 unspecified atom stereocenters. The van der Waals surface area contributed by atoms with Crippen molar-refractivity contribution in [2.45, 2.75) is 20.3 Å². The van der Waals surface area contributed by atoms with Gasteiger partial charge in [-0.3, -0.25) is 4.98 Å². The Balaban J connectivity index is 1.73. The second kappa shape index (κ2) is 6.96. The molecule has 0 atom stereocenters. The minimum Gasteiger partial charge on any atom is -0.340 e. The van der Waals surface area contributed by atoms with Gasteiger partial charge in [-0.2, -0.15) is 0 Å². The zero-order valence-corrected chi connectivity index (χ0v) is 15.0. The molecule has 0 fully saturated rings. The zero-order valence-electron chi connectivity index (χ0n) is 15.0. The van der Waals surface area contributed by atoms with E-state index in [0.717, 1.165) is 23.3 Å². The van der Waals surface area contributed by atoms with Crippen molar-refractivity contribution in [3.05, 3.63) is 95.4 Å². The number of benzene rings is 2. The van der Waals surface area contributed by atoms with E-state index in [1.54, 1.807) is 0 Å². The minimum absolute atomic E-state index is 0.847. The lowest BCUT2D eigenvalue weighted by Gasteiger charge is -2.13. The number of hydrogen-bond donors (Lipinski definition) is 1. The van der Waals surface area contributed by atoms with Crippen molar-refractivity contribution < 1.29 is 0 Å². The van der Waals surface area contributed by atoms with E-state index in [9.17, 15) is 0 Å². The molecule has 0 aliphatic rings. The number of fused-ring (bicyclic) bond motifs is 1. The topological polar surface area (TPSA) is 37.8 Å². The summed E-state index contributed by atoms with van der Waals surface area (Å²) in [5.74, 6) is 0.891. The maximum atomic E-state index is 4.72. The van der Waals surface area contributed by atoms with Crippen LogP contribution in [0.25, 0.3) is 10.8 Å². The number of nitrogens with one attached hydrogen (secondary N) is 1. The van der Waals surface area contributed by atoms with Gasteiger partial charge >= 0.3 is 0 Å². The molecule has 4 rings (SSSR count). The van der Waals surface area contributed by atoms with Gasteiger partial charge in [0.25, 0.3) is 0 Å². The van der Waals surface area contributed by atoms with Gasteiger partial charge in [-0.25, -0.2) is 4.98 Å². The lowest BCUT2D eigenvalue weighted by atomic mass is 10.0. The molecule has 0 bridgehead atoms. The summed E-state index contributed by atoms with van der Waals surface area (Å²) in [5, 5.41) is 5.85. The highest BCUT2D eigenvalue weighted by molar-refractivity contribution is 5.95. The summed E-state index contributed by atoms with van der Waals surface area (Å²) in [7, 11) is 0. The van der Waals surface area contributed by atoms with Crippen LogP contribution in [0.15, 0.2) is 73.2 Å². The molecule has 3 nitrogen and oxygen atoms in total. The molecule has 26 heavy (non-hydrogen) atoms. The van der Waals surface area contributed by atoms with E-state index >= 15 is 0 Å². The van der Waals surface area contributed by atoms with Gasteiger partial charge in [0.2, 0.25) is 0 Å². The van der Waals surface area contributed by atoms with Crippen LogP contribution in [0.3, 0.4) is 0 Å². The second-order valence-electron chi connectivity index (χ2n) is 6.63. The summed E-state index contributed by atoms with van der Waals surface area (Å²) in [5.41, 5.74) is 6.08. The Bertz CT molecular complexity index is 1060. The molecular formula is C23H21N3. The summed E-state index contributed by atoms with van der Waals surface area (Å²) in [6.45, 7) is 4.25. The van der Waals surface area contributed by atoms with Crippen molar-refractivity contribution in [3.8, 4) is 0 Å². The first-order valence-corrected chi connectivity index (χ1v) is 8.80. The van der Waals surface area contributed by atoms with Crippen LogP contribution in [0.1, 0.15) is 22.3 Å². The van der Waals surface area contributed by atoms with Crippen molar-refractivity contribution in [1.29, 1.82) is 0 Å². The second-order valence-corrected chi connectivity index (χ2v) is 6.63. The fourth-order valence-corrected chi connectivity index (χ4v) is 3.17. The Morgan fingerprint density at radius 2 is 1.62 bits per heavy atom. The van der Waals surface area contributed by atoms with Crippen LogP contribution in [-0.4, -0.2) is 9.97 Å². The molecule has 0 radical (unpaired) electrons. The third kappa shape index (κ3) is 3.29. The Labute approximate surface area is 153 Å². The van der Waals surface area contributed by atoms with E-state index in [0.29, 0.717) is 0 Å². The minimum atomic E-state index is 0.847. The number of aryl methyl sites for hydroxylation is 2. The quantitative estimate of drug-likeness (QED) is 0.527. The summed E-state index contributed by atoms with van der Waals surface area (Å²) in [6.07, 6.45) is 6.49. The van der Waals surface area contributed by atoms with E-state index < -0.39 is 0 Å². The van der Waals surface area contributed by atoms with Crippen LogP contribution >= 0.6 is 0 Å². The lowest BCUT2D eigenvalue weighted by Crippen LogP contribution is -1.99. The molecule has 0 amide bonds. The first-order valence-electron chi connectivity index (χ1n) is 8.80. The largest absolute Gasteiger partial charge is 0.340 e. The summed E-state index contributed by atoms with van der Waals surface area (Å²) in [4.78, 5) is 8.82. The molecule has 0 spiro atoms. The van der Waals surface area contributed by atoms with E-state index in [1.807, 2.05) is 18.6 Å². The van der Waals surface area contributed by atoms with Crippen LogP contribution in [-0.2, 0) is 6.42 Å². The third-order valence-electron chi connectivity index (χ3n) is 4.79. The Kier molecular flexibility index (Phi) is 4.36. The number of anilines is 2. The van der Waals surface area contributed by atoms with Crippen molar-refractivity contribution in [2.75, 3.05) is 5.32 Å². The SMILES string of the molecule is Cc1ccc(Nc2ncc(Cc3ccncc3)c3ccccc23)cc1C. The van der Waals surface area contributed by atoms with Gasteiger partial charge in [-0.15, -0.1) is 0 Å². The molecule has 2 aromatic carbocycles. The van der Waals surface area contributed by atoms with Crippen LogP contribution in [0.5, 0.6) is 0 Å². The molecular weight excluding hydrogens is 318 g/mol. The molecule has 2 aromatic heterocycles. The Hall–Kier alpha value is -3.20. The molecule has 2 heterocycles. The van der Waals surface area contributed by atoms with Crippen LogP contribution < -0.4 is 5.32 Å². The number of pyridine rings is 2. The van der Waals surface area contributed by atoms with Crippen molar-refractivity contribution in [1.82, 2.24) is 9.97 Å². The number of nitrogens with zero attached hydrogens (tertiary/aromatic N) is 2. The van der Waals surface area contributed by atoms with Crippen molar-refractivity contribution in [2.24, 2.45) is 0 Å². The third-order valence-corrected chi connectivity index (χ3v) is 4.79. The first-order chi connectivity index (χ1) is 12.7. The molecule has 0 aliphatic carbocycles. The van der Waals surface area contributed by atoms with Crippen molar-refractivity contribution in [3.63, 3.8) is 0 Å². The highest BCUT2D eigenvalue weighted by atomic mass is 15.0. The smallest absolute Gasteiger partial charge is 0.138 e. The van der Waals surface area contributed by atoms with E-state index in [2.05, 4.69) is 78.7 Å². The number of hydrogen-bond acceptors (Lipinski definition) is 3. The molecule has 1 N–H and O–H groups in total. The fraction of sp³-hybridized carbons (Fsp3) is 0.130. The summed E-state index contributed by atoms with van der Waals surface area (Å²) >= 11 is 0. The zero-order chi connectivity index (χ0) is 17.9. The van der Waals surface area contributed by atoms with E-state index in [-0.39, 0.29) is 0 Å². The fourth-order valence-electron chi connectivity index (χ4n) is 3.17. The standard InChI is InChI=1S/C23H21N3/c1-16-7-8-20(13-17(16)2)26-23-22-6-4-3-5-21(22)19(15-25-23)14-18-9-11-24-12-10-18/h3-13,15H,14H2,1-2H3,(H,25,26). The molecule has 0 saturated heterocycles. The number of aromatic nitrogens is 2. The van der Waals surface area contributed by atoms with Crippen molar-refractivity contribution >= 4 is 22.3 Å². The predicted octanol–water partition coefficient (Wildman–Crippen LogP) is 5.58. The molecule has 3 heteroatoms. The van der Waals surface area contributed by atoms with Gasteiger partial charge in [-0.05, 0) is 72.2 Å². The molecule has 4 aromatic rings. The maximum absolute atomic E-state index is 4.72. The molecule has 0 aliphatic heterocycles. The van der Waals surface area contributed by atoms with E-state index in [1.165, 1.54) is 27.6 Å². The van der Waals surface area contributed by atoms with Crippen LogP contribution in [0.2, 0.25) is 0 Å². The summed E-state index contributed by atoms with van der Waals surface area (Å²) in [6, 6.07) is 18.9. The highest BCUT2D eigenvalue weighted by Gasteiger charge is 2.09. The van der Waals surface area contributed by atoms with Gasteiger partial charge in [0.05, 0.1) is 0 Å². The molecule has 0 saturated carbocycles. The maximum Gasteiger partial charge on any atom is 0.138 e. The average molecular weight is 339 g/mol. The van der Waals surface area contributed by atoms with Gasteiger partial charge in [0, 0.05) is 29.7 Å². The summed E-state index contributed by atoms with van der Waals surface area (Å²) < 4.78 is 0. The number of rotatable bonds is 4. The molecule has 128 valence electrons. The first kappa shape index (κ1) is 16.3. The lowest BCUT2D eigenvalue weighted by molar-refractivity contribution is 1.15. The van der Waals surface area contributed by atoms with Gasteiger partial charge in [0.1, 0.15) is 5.82 Å². The average Bonchev–Trinajstić information content (AvgIpc) is 2.67. The monoisotopic (exact) mass is 339 g/mol. The normalized spacial score (nSPS) is 10.8. The Morgan fingerprint density at radius 1 is 0.846 bits per heavy atom. The highest BCUT2D eigenvalue weighted by Crippen LogP contribution is 2.28. The van der Waals surface area contributed by atoms with Crippen LogP contribution in [0.4, 0.5) is 11.5 Å². The Morgan fingerprint density at radius 3 is 2.38 bits per heavy atom. The van der Waals surface area contributed by atoms with E-state index in [4.69, 9.17) is 4.98 Å². The van der Waals surface area contributed by atoms with Crippen LogP contribution in [0, 0.1) is 13.8 Å². The van der Waals surface area contributed by atoms with Gasteiger partial charge in [-0.1, -0.05) is 30.3 Å². The van der Waals surface area contributed by atoms with Gasteiger partial charge in [0.15, 0.2) is 0 Å².